The largest absolute Gasteiger partial charge is 0.507 e. The van der Waals surface area contributed by atoms with Gasteiger partial charge < -0.3 is 15.3 Å². The number of nitrogens with one attached hydrogen (secondary N) is 1. The molecule has 1 fully saturated rings. The molecule has 0 bridgehead atoms. The van der Waals surface area contributed by atoms with Crippen molar-refractivity contribution in [2.75, 3.05) is 11.9 Å². The van der Waals surface area contributed by atoms with Crippen molar-refractivity contribution in [1.82, 2.24) is 35.5 Å². The van der Waals surface area contributed by atoms with Gasteiger partial charge in [0.1, 0.15) is 11.4 Å². The van der Waals surface area contributed by atoms with Crippen LogP contribution in [0.1, 0.15) is 46.2 Å². The third-order valence-corrected chi connectivity index (χ3v) is 5.68. The SMILES string of the molecule is Cc1cnn(-c2ccc(-c3cnc(N(C)C4CC(C)(C)NC(C)(C)C4)nn3)c(O)c2)n1. The summed E-state index contributed by atoms with van der Waals surface area (Å²) in [5.74, 6) is 0.654. The first-order chi connectivity index (χ1) is 14.5. The molecule has 164 valence electrons. The van der Waals surface area contributed by atoms with Gasteiger partial charge in [0.25, 0.3) is 0 Å². The maximum Gasteiger partial charge on any atom is 0.245 e. The number of hydrogen-bond acceptors (Lipinski definition) is 8. The number of nitrogens with zero attached hydrogens (tertiary/aromatic N) is 7. The van der Waals surface area contributed by atoms with E-state index < -0.39 is 0 Å². The number of phenols is 1. The Bertz CT molecular complexity index is 1060. The number of rotatable bonds is 4. The minimum absolute atomic E-state index is 0.0313. The summed E-state index contributed by atoms with van der Waals surface area (Å²) in [5.41, 5.74) is 2.61. The Kier molecular flexibility index (Phi) is 5.17. The van der Waals surface area contributed by atoms with Crippen LogP contribution in [-0.2, 0) is 0 Å². The molecule has 0 amide bonds. The number of piperidine rings is 1. The van der Waals surface area contributed by atoms with Crippen LogP contribution in [-0.4, -0.2) is 59.4 Å². The molecule has 0 unspecified atom stereocenters. The van der Waals surface area contributed by atoms with E-state index in [1.54, 1.807) is 24.5 Å². The second kappa shape index (κ2) is 7.56. The van der Waals surface area contributed by atoms with Gasteiger partial charge in [-0.3, -0.25) is 0 Å². The average molecular weight is 423 g/mol. The summed E-state index contributed by atoms with van der Waals surface area (Å²) in [7, 11) is 2.02. The third kappa shape index (κ3) is 4.51. The van der Waals surface area contributed by atoms with Crippen molar-refractivity contribution in [3.8, 4) is 22.7 Å². The fourth-order valence-electron chi connectivity index (χ4n) is 4.58. The Morgan fingerprint density at radius 3 is 2.35 bits per heavy atom. The number of hydrogen-bond donors (Lipinski definition) is 2. The summed E-state index contributed by atoms with van der Waals surface area (Å²) in [6, 6.07) is 5.51. The van der Waals surface area contributed by atoms with E-state index in [4.69, 9.17) is 0 Å². The lowest BCUT2D eigenvalue weighted by atomic mass is 9.79. The van der Waals surface area contributed by atoms with E-state index in [9.17, 15) is 5.11 Å². The maximum atomic E-state index is 10.5. The molecular weight excluding hydrogens is 392 g/mol. The van der Waals surface area contributed by atoms with E-state index in [1.165, 1.54) is 4.80 Å². The molecule has 1 aliphatic heterocycles. The van der Waals surface area contributed by atoms with E-state index in [2.05, 4.69) is 63.3 Å². The molecule has 0 atom stereocenters. The van der Waals surface area contributed by atoms with Crippen LogP contribution in [0, 0.1) is 6.92 Å². The van der Waals surface area contributed by atoms with Crippen LogP contribution in [0.15, 0.2) is 30.6 Å². The average Bonchev–Trinajstić information content (AvgIpc) is 3.11. The van der Waals surface area contributed by atoms with E-state index >= 15 is 0 Å². The first-order valence-electron chi connectivity index (χ1n) is 10.5. The molecular formula is C22H30N8O. The molecule has 0 saturated carbocycles. The Morgan fingerprint density at radius 2 is 1.81 bits per heavy atom. The quantitative estimate of drug-likeness (QED) is 0.661. The van der Waals surface area contributed by atoms with Crippen molar-refractivity contribution < 1.29 is 5.11 Å². The molecule has 1 aromatic carbocycles. The maximum absolute atomic E-state index is 10.5. The summed E-state index contributed by atoms with van der Waals surface area (Å²) in [6.45, 7) is 10.8. The lowest BCUT2D eigenvalue weighted by Crippen LogP contribution is -2.62. The zero-order valence-corrected chi connectivity index (χ0v) is 19.0. The first kappa shape index (κ1) is 21.2. The predicted octanol–water partition coefficient (Wildman–Crippen LogP) is 2.88. The summed E-state index contributed by atoms with van der Waals surface area (Å²) in [4.78, 5) is 8.12. The Balaban J connectivity index is 1.54. The van der Waals surface area contributed by atoms with Crippen LogP contribution >= 0.6 is 0 Å². The summed E-state index contributed by atoms with van der Waals surface area (Å²) in [5, 5.41) is 31.4. The molecule has 0 aliphatic carbocycles. The van der Waals surface area contributed by atoms with Crippen molar-refractivity contribution in [2.45, 2.75) is 64.6 Å². The van der Waals surface area contributed by atoms with Gasteiger partial charge in [-0.05, 0) is 59.6 Å². The summed E-state index contributed by atoms with van der Waals surface area (Å²) >= 11 is 0. The molecule has 1 saturated heterocycles. The third-order valence-electron chi connectivity index (χ3n) is 5.68. The van der Waals surface area contributed by atoms with Gasteiger partial charge in [0, 0.05) is 35.8 Å². The fraction of sp³-hybridized carbons (Fsp3) is 0.500. The molecule has 2 aromatic heterocycles. The zero-order valence-electron chi connectivity index (χ0n) is 19.0. The predicted molar refractivity (Wildman–Crippen MR) is 119 cm³/mol. The van der Waals surface area contributed by atoms with Crippen molar-refractivity contribution in [1.29, 1.82) is 0 Å². The molecule has 9 nitrogen and oxygen atoms in total. The zero-order chi connectivity index (χ0) is 22.4. The highest BCUT2D eigenvalue weighted by Gasteiger charge is 2.39. The van der Waals surface area contributed by atoms with Gasteiger partial charge in [0.2, 0.25) is 5.95 Å². The topological polar surface area (TPSA) is 105 Å². The van der Waals surface area contributed by atoms with E-state index in [1.807, 2.05) is 20.0 Å². The number of anilines is 1. The lowest BCUT2D eigenvalue weighted by Gasteiger charge is -2.48. The standard InChI is InChI=1S/C22H30N8O/c1-14-12-24-30(27-14)15-7-8-17(19(31)9-15)18-13-23-20(26-25-18)29(6)16-10-21(2,3)28-22(4,5)11-16/h7-9,12-13,16,28,31H,10-11H2,1-6H3. The Labute approximate surface area is 182 Å². The Morgan fingerprint density at radius 1 is 1.10 bits per heavy atom. The van der Waals surface area contributed by atoms with Gasteiger partial charge in [-0.2, -0.15) is 15.0 Å². The molecule has 1 aliphatic rings. The molecule has 3 heterocycles. The van der Waals surface area contributed by atoms with Crippen LogP contribution in [0.3, 0.4) is 0 Å². The fourth-order valence-corrected chi connectivity index (χ4v) is 4.58. The van der Waals surface area contributed by atoms with Crippen LogP contribution in [0.5, 0.6) is 5.75 Å². The molecule has 2 N–H and O–H groups in total. The van der Waals surface area contributed by atoms with Crippen molar-refractivity contribution in [2.24, 2.45) is 0 Å². The molecule has 0 radical (unpaired) electrons. The highest BCUT2D eigenvalue weighted by molar-refractivity contribution is 5.67. The van der Waals surface area contributed by atoms with Crippen LogP contribution in [0.2, 0.25) is 0 Å². The number of aromatic hydroxyl groups is 1. The van der Waals surface area contributed by atoms with Crippen LogP contribution in [0.4, 0.5) is 5.95 Å². The number of aromatic nitrogens is 6. The molecule has 4 rings (SSSR count). The van der Waals surface area contributed by atoms with Crippen molar-refractivity contribution in [3.05, 3.63) is 36.3 Å². The van der Waals surface area contributed by atoms with E-state index in [-0.39, 0.29) is 16.8 Å². The summed E-state index contributed by atoms with van der Waals surface area (Å²) in [6.07, 6.45) is 5.30. The van der Waals surface area contributed by atoms with Gasteiger partial charge in [-0.1, -0.05) is 0 Å². The molecule has 3 aromatic rings. The smallest absolute Gasteiger partial charge is 0.245 e. The van der Waals surface area contributed by atoms with Crippen molar-refractivity contribution in [3.63, 3.8) is 0 Å². The Hall–Kier alpha value is -3.07. The monoisotopic (exact) mass is 422 g/mol. The van der Waals surface area contributed by atoms with Gasteiger partial charge in [-0.15, -0.1) is 10.2 Å². The second-order valence-corrected chi connectivity index (χ2v) is 9.69. The number of benzene rings is 1. The van der Waals surface area contributed by atoms with E-state index in [0.29, 0.717) is 28.9 Å². The van der Waals surface area contributed by atoms with Crippen LogP contribution in [0.25, 0.3) is 16.9 Å². The second-order valence-electron chi connectivity index (χ2n) is 9.69. The normalized spacial score (nSPS) is 18.1. The highest BCUT2D eigenvalue weighted by Crippen LogP contribution is 2.33. The van der Waals surface area contributed by atoms with Gasteiger partial charge in [0.05, 0.1) is 23.8 Å². The minimum Gasteiger partial charge on any atom is -0.507 e. The molecule has 0 spiro atoms. The summed E-state index contributed by atoms with van der Waals surface area (Å²) < 4.78 is 0. The van der Waals surface area contributed by atoms with Crippen LogP contribution < -0.4 is 10.2 Å². The first-order valence-corrected chi connectivity index (χ1v) is 10.5. The van der Waals surface area contributed by atoms with Gasteiger partial charge in [0.15, 0.2) is 0 Å². The molecule has 9 heteroatoms. The minimum atomic E-state index is 0.0313. The van der Waals surface area contributed by atoms with E-state index in [0.717, 1.165) is 18.5 Å². The van der Waals surface area contributed by atoms with Gasteiger partial charge >= 0.3 is 0 Å². The molecule has 31 heavy (non-hydrogen) atoms. The number of phenolic OH excluding ortho intramolecular Hbond substituents is 1. The highest BCUT2D eigenvalue weighted by atomic mass is 16.3. The number of aryl methyl sites for hydroxylation is 1. The van der Waals surface area contributed by atoms with Crippen molar-refractivity contribution >= 4 is 5.95 Å². The lowest BCUT2D eigenvalue weighted by molar-refractivity contribution is 0.160. The van der Waals surface area contributed by atoms with Gasteiger partial charge in [-0.25, -0.2) is 4.98 Å².